The molecule has 0 N–H and O–H groups in total. The first kappa shape index (κ1) is 65.6. The van der Waals surface area contributed by atoms with Crippen LogP contribution < -0.4 is 54.3 Å². The van der Waals surface area contributed by atoms with Gasteiger partial charge in [-0.15, -0.1) is 0 Å². The van der Waals surface area contributed by atoms with Crippen molar-refractivity contribution in [3.63, 3.8) is 0 Å². The maximum atomic E-state index is 5.84. The van der Waals surface area contributed by atoms with Crippen LogP contribution in [-0.4, -0.2) is 0 Å². The molecule has 0 bridgehead atoms. The molecule has 450 valence electrons. The molecule has 0 fully saturated rings. The van der Waals surface area contributed by atoms with Crippen LogP contribution in [0.5, 0.6) is 69.0 Å². The molecule has 0 aliphatic heterocycles. The molecule has 0 saturated heterocycles. The van der Waals surface area contributed by atoms with Gasteiger partial charge in [0.1, 0.15) is 69.0 Å². The second-order valence-electron chi connectivity index (χ2n) is 17.7. The van der Waals surface area contributed by atoms with Crippen molar-refractivity contribution in [3.05, 3.63) is 364 Å². The van der Waals surface area contributed by atoms with Gasteiger partial charge in [0.25, 0.3) is 0 Å². The van der Waals surface area contributed by atoms with Crippen LogP contribution in [0.25, 0.3) is 0 Å². The first-order valence-electron chi connectivity index (χ1n) is 27.6. The predicted octanol–water partition coefficient (Wildman–Crippen LogP) is 21.8. The second-order valence-corrected chi connectivity index (χ2v) is 21.7. The van der Waals surface area contributed by atoms with Crippen LogP contribution in [0, 0.1) is 0 Å². The molecule has 0 amide bonds. The molecule has 0 spiro atoms. The third kappa shape index (κ3) is 25.5. The van der Waals surface area contributed by atoms with Gasteiger partial charge in [0.15, 0.2) is 0 Å². The van der Waals surface area contributed by atoms with E-state index in [1.807, 2.05) is 364 Å². The van der Waals surface area contributed by atoms with Gasteiger partial charge in [0, 0.05) is 21.1 Å². The summed E-state index contributed by atoms with van der Waals surface area (Å²) < 4.78 is 70.1. The van der Waals surface area contributed by atoms with Crippen molar-refractivity contribution in [2.24, 2.45) is 0 Å². The molecule has 0 aliphatic rings. The van der Waals surface area contributed by atoms with Gasteiger partial charge in [0.05, 0.1) is 0 Å². The zero-order chi connectivity index (χ0) is 60.1. The average Bonchev–Trinajstić information content (AvgIpc) is 3.73. The molecule has 12 rings (SSSR count). The Balaban J connectivity index is 0.000000153. The fourth-order valence-electron chi connectivity index (χ4n) is 7.03. The van der Waals surface area contributed by atoms with Crippen molar-refractivity contribution in [1.82, 2.24) is 0 Å². The number of hydrogen-bond acceptors (Lipinski definition) is 12. The fourth-order valence-corrected chi connectivity index (χ4v) is 11.0. The van der Waals surface area contributed by atoms with Crippen molar-refractivity contribution in [1.29, 1.82) is 0 Å². The van der Waals surface area contributed by atoms with E-state index in [9.17, 15) is 0 Å². The summed E-state index contributed by atoms with van der Waals surface area (Å²) in [6.45, 7) is 0. The molecule has 12 aromatic rings. The standard InChI is InChI=1S/4C18H15O3P.Pt/c4*1-4-10-16(11-5-1)19-22(20-17-12-6-2-7-13-17)21-18-14-8-3-9-15-18;/h4*1-15H;. The normalized spacial score (nSPS) is 10.1. The van der Waals surface area contributed by atoms with Gasteiger partial charge in [0.2, 0.25) is 0 Å². The van der Waals surface area contributed by atoms with Gasteiger partial charge in [-0.3, -0.25) is 0 Å². The third-order valence-corrected chi connectivity index (χ3v) is 15.4. The maximum absolute atomic E-state index is 5.84. The topological polar surface area (TPSA) is 111 Å². The summed E-state index contributed by atoms with van der Waals surface area (Å²) in [6.07, 6.45) is 0. The molecular formula is C72H60O12P4Pt. The first-order valence-corrected chi connectivity index (χ1v) is 32.0. The number of benzene rings is 12. The summed E-state index contributed by atoms with van der Waals surface area (Å²) in [5.41, 5.74) is 0. The Hall–Kier alpha value is -9.35. The molecule has 12 nitrogen and oxygen atoms in total. The Labute approximate surface area is 539 Å². The van der Waals surface area contributed by atoms with E-state index in [1.54, 1.807) is 0 Å². The van der Waals surface area contributed by atoms with Crippen LogP contribution in [0.15, 0.2) is 364 Å². The summed E-state index contributed by atoms with van der Waals surface area (Å²) >= 11 is 0. The molecule has 17 heteroatoms. The van der Waals surface area contributed by atoms with Gasteiger partial charge in [-0.05, 0) is 146 Å². The van der Waals surface area contributed by atoms with Crippen LogP contribution in [0.1, 0.15) is 0 Å². The number of hydrogen-bond donors (Lipinski definition) is 0. The quantitative estimate of drug-likeness (QED) is 0.0537. The van der Waals surface area contributed by atoms with E-state index in [0.717, 1.165) is 0 Å². The summed E-state index contributed by atoms with van der Waals surface area (Å²) in [7, 11) is -6.36. The monoisotopic (exact) mass is 1440 g/mol. The third-order valence-electron chi connectivity index (χ3n) is 11.1. The van der Waals surface area contributed by atoms with E-state index in [2.05, 4.69) is 0 Å². The Bertz CT molecular complexity index is 2810. The Kier molecular flexibility index (Phi) is 28.6. The van der Waals surface area contributed by atoms with Crippen molar-refractivity contribution in [2.45, 2.75) is 0 Å². The van der Waals surface area contributed by atoms with E-state index in [-0.39, 0.29) is 21.1 Å². The molecule has 0 heterocycles. The van der Waals surface area contributed by atoms with E-state index in [1.165, 1.54) is 0 Å². The minimum absolute atomic E-state index is 0. The predicted molar refractivity (Wildman–Crippen MR) is 353 cm³/mol. The molecule has 12 aromatic carbocycles. The van der Waals surface area contributed by atoms with Gasteiger partial charge in [-0.2, -0.15) is 0 Å². The SMILES string of the molecule is [Pt].c1ccc(OP(Oc2ccccc2)Oc2ccccc2)cc1.c1ccc(OP(Oc2ccccc2)Oc2ccccc2)cc1.c1ccc(OP(Oc2ccccc2)Oc2ccccc2)cc1.c1ccc(OP(Oc2ccccc2)Oc2ccccc2)cc1. The zero-order valence-corrected chi connectivity index (χ0v) is 53.5. The average molecular weight is 1440 g/mol. The molecule has 0 saturated carbocycles. The van der Waals surface area contributed by atoms with Crippen LogP contribution in [0.4, 0.5) is 0 Å². The van der Waals surface area contributed by atoms with E-state index < -0.39 is 34.4 Å². The van der Waals surface area contributed by atoms with Crippen molar-refractivity contribution in [2.75, 3.05) is 0 Å². The Morgan fingerprint density at radius 3 is 0.247 bits per heavy atom. The zero-order valence-electron chi connectivity index (χ0n) is 47.6. The largest absolute Gasteiger partial charge is 0.530 e. The molecule has 0 radical (unpaired) electrons. The van der Waals surface area contributed by atoms with Gasteiger partial charge < -0.3 is 54.3 Å². The van der Waals surface area contributed by atoms with E-state index in [4.69, 9.17) is 54.3 Å². The molecule has 0 aliphatic carbocycles. The van der Waals surface area contributed by atoms with Crippen LogP contribution in [0.2, 0.25) is 0 Å². The van der Waals surface area contributed by atoms with Crippen molar-refractivity contribution in [3.8, 4) is 69.0 Å². The molecular weight excluding hydrogens is 1380 g/mol. The number of para-hydroxylation sites is 12. The summed E-state index contributed by atoms with van der Waals surface area (Å²) in [5.74, 6) is 8.51. The van der Waals surface area contributed by atoms with Crippen LogP contribution >= 0.6 is 34.4 Å². The van der Waals surface area contributed by atoms with Crippen molar-refractivity contribution >= 4 is 34.4 Å². The van der Waals surface area contributed by atoms with Crippen LogP contribution in [0.3, 0.4) is 0 Å². The molecule has 0 unspecified atom stereocenters. The van der Waals surface area contributed by atoms with E-state index >= 15 is 0 Å². The van der Waals surface area contributed by atoms with Crippen molar-refractivity contribution < 1.29 is 75.4 Å². The first-order chi connectivity index (χ1) is 43.6. The summed E-state index contributed by atoms with van der Waals surface area (Å²) in [4.78, 5) is 0. The molecule has 0 atom stereocenters. The molecule has 89 heavy (non-hydrogen) atoms. The number of rotatable bonds is 24. The van der Waals surface area contributed by atoms with Gasteiger partial charge >= 0.3 is 34.4 Å². The van der Waals surface area contributed by atoms with Crippen LogP contribution in [-0.2, 0) is 21.1 Å². The maximum Gasteiger partial charge on any atom is 0.530 e. The van der Waals surface area contributed by atoms with Gasteiger partial charge in [-0.25, -0.2) is 0 Å². The summed E-state index contributed by atoms with van der Waals surface area (Å²) in [6, 6.07) is 114. The minimum Gasteiger partial charge on any atom is -0.409 e. The fraction of sp³-hybridized carbons (Fsp3) is 0. The van der Waals surface area contributed by atoms with Gasteiger partial charge in [-0.1, -0.05) is 218 Å². The Morgan fingerprint density at radius 2 is 0.180 bits per heavy atom. The second kappa shape index (κ2) is 38.7. The molecule has 0 aromatic heterocycles. The van der Waals surface area contributed by atoms with E-state index in [0.29, 0.717) is 69.0 Å². The Morgan fingerprint density at radius 1 is 0.112 bits per heavy atom. The smallest absolute Gasteiger partial charge is 0.409 e. The minimum atomic E-state index is -1.59. The summed E-state index contributed by atoms with van der Waals surface area (Å²) in [5, 5.41) is 0.